The van der Waals surface area contributed by atoms with Crippen LogP contribution in [0.15, 0.2) is 127 Å². The minimum absolute atomic E-state index is 1.21. The topological polar surface area (TPSA) is 4.93 Å². The number of hydrogen-bond acceptors (Lipinski definition) is 2. The van der Waals surface area contributed by atoms with Crippen LogP contribution in [0, 0.1) is 0 Å². The van der Waals surface area contributed by atoms with Crippen LogP contribution in [0.25, 0.3) is 79.0 Å². The molecule has 0 aliphatic carbocycles. The van der Waals surface area contributed by atoms with Gasteiger partial charge in [-0.25, -0.2) is 0 Å². The van der Waals surface area contributed by atoms with E-state index in [1.807, 2.05) is 22.7 Å². The summed E-state index contributed by atoms with van der Waals surface area (Å²) in [6.45, 7) is 0. The minimum Gasteiger partial charge on any atom is -0.309 e. The van der Waals surface area contributed by atoms with Gasteiger partial charge in [-0.05, 0) is 53.6 Å². The number of hydrogen-bond donors (Lipinski definition) is 0. The average molecular weight is 532 g/mol. The van der Waals surface area contributed by atoms with Gasteiger partial charge in [-0.15, -0.1) is 22.7 Å². The van der Waals surface area contributed by atoms with E-state index in [-0.39, 0.29) is 0 Å². The van der Waals surface area contributed by atoms with Gasteiger partial charge in [0.25, 0.3) is 0 Å². The van der Waals surface area contributed by atoms with E-state index in [2.05, 4.69) is 132 Å². The molecule has 0 bridgehead atoms. The van der Waals surface area contributed by atoms with E-state index in [0.717, 1.165) is 0 Å². The molecule has 3 heterocycles. The van der Waals surface area contributed by atoms with Crippen molar-refractivity contribution in [3.8, 4) is 16.8 Å². The molecule has 0 N–H and O–H groups in total. The zero-order valence-corrected chi connectivity index (χ0v) is 22.5. The lowest BCUT2D eigenvalue weighted by Gasteiger charge is -2.09. The second-order valence-corrected chi connectivity index (χ2v) is 12.3. The van der Waals surface area contributed by atoms with Crippen LogP contribution in [0.1, 0.15) is 0 Å². The molecule has 6 aromatic carbocycles. The maximum atomic E-state index is 2.43. The van der Waals surface area contributed by atoms with Crippen LogP contribution >= 0.6 is 22.7 Å². The number of aromatic nitrogens is 1. The van der Waals surface area contributed by atoms with Gasteiger partial charge in [-0.3, -0.25) is 0 Å². The summed E-state index contributed by atoms with van der Waals surface area (Å²) in [5, 5.41) is 7.93. The van der Waals surface area contributed by atoms with Crippen molar-refractivity contribution in [1.29, 1.82) is 0 Å². The fourth-order valence-corrected chi connectivity index (χ4v) is 8.62. The van der Waals surface area contributed by atoms with Crippen molar-refractivity contribution in [2.24, 2.45) is 0 Å². The highest BCUT2D eigenvalue weighted by Crippen LogP contribution is 2.42. The van der Waals surface area contributed by atoms with Gasteiger partial charge in [-0.2, -0.15) is 0 Å². The minimum atomic E-state index is 1.21. The van der Waals surface area contributed by atoms with Crippen molar-refractivity contribution in [1.82, 2.24) is 4.57 Å². The third kappa shape index (κ3) is 3.06. The summed E-state index contributed by atoms with van der Waals surface area (Å²) in [6, 6.07) is 46.9. The Hall–Kier alpha value is -4.44. The summed E-state index contributed by atoms with van der Waals surface area (Å²) >= 11 is 3.77. The fourth-order valence-electron chi connectivity index (χ4n) is 6.25. The third-order valence-electron chi connectivity index (χ3n) is 8.01. The summed E-state index contributed by atoms with van der Waals surface area (Å²) in [6.07, 6.45) is 0. The van der Waals surface area contributed by atoms with Gasteiger partial charge in [0.05, 0.1) is 11.0 Å². The summed E-state index contributed by atoms with van der Waals surface area (Å²) in [5.74, 6) is 0. The summed E-state index contributed by atoms with van der Waals surface area (Å²) in [4.78, 5) is 0. The van der Waals surface area contributed by atoms with Crippen molar-refractivity contribution in [2.75, 3.05) is 0 Å². The molecular formula is C36H21NS2. The zero-order valence-electron chi connectivity index (χ0n) is 20.9. The predicted molar refractivity (Wildman–Crippen MR) is 172 cm³/mol. The molecule has 0 aliphatic heterocycles. The molecule has 0 saturated carbocycles. The Balaban J connectivity index is 1.30. The molecule has 0 spiro atoms. The highest BCUT2D eigenvalue weighted by Gasteiger charge is 2.16. The van der Waals surface area contributed by atoms with Gasteiger partial charge in [-0.1, -0.05) is 84.9 Å². The molecule has 0 saturated heterocycles. The number of benzene rings is 6. The van der Waals surface area contributed by atoms with Crippen LogP contribution in [-0.2, 0) is 0 Å². The monoisotopic (exact) mass is 531 g/mol. The van der Waals surface area contributed by atoms with Crippen LogP contribution in [0.2, 0.25) is 0 Å². The number of thiophene rings is 2. The third-order valence-corrected chi connectivity index (χ3v) is 10.4. The first-order chi connectivity index (χ1) is 19.3. The Kier molecular flexibility index (Phi) is 4.43. The molecule has 9 rings (SSSR count). The lowest BCUT2D eigenvalue weighted by Crippen LogP contribution is -1.93. The number of nitrogens with zero attached hydrogens (tertiary/aromatic N) is 1. The molecule has 9 aromatic rings. The van der Waals surface area contributed by atoms with E-state index in [1.54, 1.807) is 0 Å². The van der Waals surface area contributed by atoms with Crippen LogP contribution in [-0.4, -0.2) is 4.57 Å². The Morgan fingerprint density at radius 3 is 1.95 bits per heavy atom. The van der Waals surface area contributed by atoms with Crippen molar-refractivity contribution in [2.45, 2.75) is 0 Å². The second-order valence-electron chi connectivity index (χ2n) is 10.1. The SMILES string of the molecule is c1ccc2c(c1)sc1cc(-n3c4ccccc4c4cc(-c5cccc6c5sc5ccccc56)ccc43)ccc12. The van der Waals surface area contributed by atoms with Gasteiger partial charge >= 0.3 is 0 Å². The fraction of sp³-hybridized carbons (Fsp3) is 0. The Labute approximate surface area is 232 Å². The van der Waals surface area contributed by atoms with E-state index in [1.165, 1.54) is 79.0 Å². The first kappa shape index (κ1) is 21.5. The van der Waals surface area contributed by atoms with Gasteiger partial charge in [0.15, 0.2) is 0 Å². The lowest BCUT2D eigenvalue weighted by atomic mass is 10.0. The molecule has 0 amide bonds. The lowest BCUT2D eigenvalue weighted by molar-refractivity contribution is 1.19. The molecule has 0 unspecified atom stereocenters. The van der Waals surface area contributed by atoms with E-state index in [9.17, 15) is 0 Å². The van der Waals surface area contributed by atoms with Crippen molar-refractivity contribution in [3.05, 3.63) is 127 Å². The number of para-hydroxylation sites is 1. The van der Waals surface area contributed by atoms with E-state index in [4.69, 9.17) is 0 Å². The highest BCUT2D eigenvalue weighted by molar-refractivity contribution is 7.26. The van der Waals surface area contributed by atoms with Gasteiger partial charge in [0.1, 0.15) is 0 Å². The molecule has 0 aliphatic rings. The first-order valence-electron chi connectivity index (χ1n) is 13.2. The highest BCUT2D eigenvalue weighted by atomic mass is 32.1. The molecule has 3 heteroatoms. The largest absolute Gasteiger partial charge is 0.309 e. The van der Waals surface area contributed by atoms with Crippen LogP contribution < -0.4 is 0 Å². The van der Waals surface area contributed by atoms with Gasteiger partial charge in [0.2, 0.25) is 0 Å². The molecular weight excluding hydrogens is 511 g/mol. The van der Waals surface area contributed by atoms with Gasteiger partial charge < -0.3 is 4.57 Å². The summed E-state index contributed by atoms with van der Waals surface area (Å²) in [5.41, 5.74) is 6.26. The summed E-state index contributed by atoms with van der Waals surface area (Å²) < 4.78 is 7.80. The van der Waals surface area contributed by atoms with Crippen molar-refractivity contribution >= 4 is 84.8 Å². The van der Waals surface area contributed by atoms with E-state index >= 15 is 0 Å². The standard InChI is InChI=1S/C36H21NS2/c1-4-13-31-25(8-1)30-20-22(24-11-7-12-29-27-10-3-6-15-34(27)39-36(24)29)16-19-32(30)37(31)23-17-18-28-26-9-2-5-14-33(26)38-35(28)21-23/h1-21H. The maximum Gasteiger partial charge on any atom is 0.0541 e. The predicted octanol–water partition coefficient (Wildman–Crippen LogP) is 11.2. The van der Waals surface area contributed by atoms with Gasteiger partial charge in [0, 0.05) is 56.8 Å². The smallest absolute Gasteiger partial charge is 0.0541 e. The van der Waals surface area contributed by atoms with E-state index < -0.39 is 0 Å². The molecule has 3 aromatic heterocycles. The normalized spacial score (nSPS) is 12.1. The zero-order chi connectivity index (χ0) is 25.5. The molecule has 39 heavy (non-hydrogen) atoms. The molecule has 0 radical (unpaired) electrons. The first-order valence-corrected chi connectivity index (χ1v) is 14.8. The number of rotatable bonds is 2. The molecule has 0 atom stereocenters. The molecule has 0 fully saturated rings. The Morgan fingerprint density at radius 2 is 1.08 bits per heavy atom. The summed E-state index contributed by atoms with van der Waals surface area (Å²) in [7, 11) is 0. The van der Waals surface area contributed by atoms with E-state index in [0.29, 0.717) is 0 Å². The molecule has 1 nitrogen and oxygen atoms in total. The Bertz CT molecular complexity index is 2400. The number of fused-ring (bicyclic) bond motifs is 9. The second kappa shape index (κ2) is 8.03. The maximum absolute atomic E-state index is 2.43. The quantitative estimate of drug-likeness (QED) is 0.209. The van der Waals surface area contributed by atoms with Crippen molar-refractivity contribution < 1.29 is 0 Å². The Morgan fingerprint density at radius 1 is 0.410 bits per heavy atom. The van der Waals surface area contributed by atoms with Crippen molar-refractivity contribution in [3.63, 3.8) is 0 Å². The molecule has 182 valence electrons. The van der Waals surface area contributed by atoms with Crippen LogP contribution in [0.5, 0.6) is 0 Å². The van der Waals surface area contributed by atoms with Crippen LogP contribution in [0.4, 0.5) is 0 Å². The average Bonchev–Trinajstić information content (AvgIpc) is 3.66. The van der Waals surface area contributed by atoms with Crippen LogP contribution in [0.3, 0.4) is 0 Å².